The monoisotopic (exact) mass is 344 g/mol. The highest BCUT2D eigenvalue weighted by Crippen LogP contribution is 2.21. The van der Waals surface area contributed by atoms with Crippen molar-refractivity contribution in [3.63, 3.8) is 0 Å². The van der Waals surface area contributed by atoms with Crippen molar-refractivity contribution in [3.05, 3.63) is 50.7 Å². The van der Waals surface area contributed by atoms with E-state index in [0.717, 1.165) is 16.9 Å². The Labute approximate surface area is 134 Å². The molecule has 21 heavy (non-hydrogen) atoms. The zero-order valence-electron chi connectivity index (χ0n) is 11.6. The predicted octanol–water partition coefficient (Wildman–Crippen LogP) is 2.90. The molecule has 0 radical (unpaired) electrons. The van der Waals surface area contributed by atoms with E-state index in [1.807, 2.05) is 12.1 Å². The average Bonchev–Trinajstić information content (AvgIpc) is 2.93. The van der Waals surface area contributed by atoms with Crippen molar-refractivity contribution in [1.29, 1.82) is 0 Å². The Morgan fingerprint density at radius 1 is 1.24 bits per heavy atom. The highest BCUT2D eigenvalue weighted by molar-refractivity contribution is 7.89. The number of nitrogens with two attached hydrogens (primary N) is 1. The molecule has 2 aromatic rings. The van der Waals surface area contributed by atoms with Gasteiger partial charge in [-0.3, -0.25) is 0 Å². The molecule has 0 unspecified atom stereocenters. The van der Waals surface area contributed by atoms with Crippen LogP contribution in [0.1, 0.15) is 22.2 Å². The molecule has 0 atom stereocenters. The fraction of sp³-hybridized carbons (Fsp3) is 0.286. The lowest BCUT2D eigenvalue weighted by atomic mass is 10.2. The van der Waals surface area contributed by atoms with Crippen molar-refractivity contribution in [2.45, 2.75) is 31.3 Å². The number of thiophene rings is 1. The summed E-state index contributed by atoms with van der Waals surface area (Å²) in [6, 6.07) is 8.54. The maximum absolute atomic E-state index is 12.2. The van der Waals surface area contributed by atoms with E-state index in [1.54, 1.807) is 17.4 Å². The minimum absolute atomic E-state index is 0.150. The van der Waals surface area contributed by atoms with Gasteiger partial charge < -0.3 is 5.73 Å². The standard InChI is InChI=1S/C14H17ClN2O2S2/c1-2-11-4-5-12(20-11)9-17-21(18,19)13-6-3-10(8-16)14(15)7-13/h3-7,17H,2,8-9,16H2,1H3. The van der Waals surface area contributed by atoms with Crippen LogP contribution in [-0.4, -0.2) is 8.42 Å². The van der Waals surface area contributed by atoms with Gasteiger partial charge in [0.2, 0.25) is 10.0 Å². The summed E-state index contributed by atoms with van der Waals surface area (Å²) in [5, 5.41) is 0.366. The first-order valence-corrected chi connectivity index (χ1v) is 9.19. The van der Waals surface area contributed by atoms with Gasteiger partial charge in [-0.15, -0.1) is 11.3 Å². The third kappa shape index (κ3) is 4.05. The third-order valence-electron chi connectivity index (χ3n) is 3.06. The number of halogens is 1. The number of nitrogens with one attached hydrogen (secondary N) is 1. The summed E-state index contributed by atoms with van der Waals surface area (Å²) in [6.07, 6.45) is 0.952. The van der Waals surface area contributed by atoms with Gasteiger partial charge in [-0.2, -0.15) is 0 Å². The minimum atomic E-state index is -3.57. The lowest BCUT2D eigenvalue weighted by molar-refractivity contribution is 0.582. The van der Waals surface area contributed by atoms with Crippen LogP contribution in [0.4, 0.5) is 0 Å². The molecule has 0 amide bonds. The Morgan fingerprint density at radius 3 is 2.52 bits per heavy atom. The number of hydrogen-bond donors (Lipinski definition) is 2. The fourth-order valence-corrected chi connectivity index (χ4v) is 4.16. The zero-order valence-corrected chi connectivity index (χ0v) is 14.0. The first-order chi connectivity index (χ1) is 9.96. The number of rotatable bonds is 6. The van der Waals surface area contributed by atoms with Crippen LogP contribution in [0.5, 0.6) is 0 Å². The van der Waals surface area contributed by atoms with Crippen molar-refractivity contribution >= 4 is 33.0 Å². The van der Waals surface area contributed by atoms with Crippen LogP contribution >= 0.6 is 22.9 Å². The second kappa shape index (κ2) is 6.89. The van der Waals surface area contributed by atoms with Crippen molar-refractivity contribution in [2.24, 2.45) is 5.73 Å². The number of sulfonamides is 1. The van der Waals surface area contributed by atoms with Gasteiger partial charge >= 0.3 is 0 Å². The molecule has 0 bridgehead atoms. The molecule has 0 aliphatic heterocycles. The molecular weight excluding hydrogens is 328 g/mol. The molecule has 2 rings (SSSR count). The maximum Gasteiger partial charge on any atom is 0.240 e. The van der Waals surface area contributed by atoms with Gasteiger partial charge in [0.1, 0.15) is 0 Å². The molecule has 1 aromatic heterocycles. The first kappa shape index (κ1) is 16.5. The molecule has 7 heteroatoms. The second-order valence-electron chi connectivity index (χ2n) is 4.50. The predicted molar refractivity (Wildman–Crippen MR) is 87.1 cm³/mol. The minimum Gasteiger partial charge on any atom is -0.326 e. The van der Waals surface area contributed by atoms with Gasteiger partial charge in [-0.1, -0.05) is 24.6 Å². The second-order valence-corrected chi connectivity index (χ2v) is 7.93. The van der Waals surface area contributed by atoms with Crippen LogP contribution in [-0.2, 0) is 29.5 Å². The lowest BCUT2D eigenvalue weighted by Crippen LogP contribution is -2.22. The summed E-state index contributed by atoms with van der Waals surface area (Å²) in [5.74, 6) is 0. The Hall–Kier alpha value is -0.920. The molecule has 114 valence electrons. The average molecular weight is 345 g/mol. The maximum atomic E-state index is 12.2. The van der Waals surface area contributed by atoms with E-state index in [0.29, 0.717) is 5.02 Å². The highest BCUT2D eigenvalue weighted by Gasteiger charge is 2.15. The van der Waals surface area contributed by atoms with Gasteiger partial charge in [0, 0.05) is 27.9 Å². The Balaban J connectivity index is 2.12. The van der Waals surface area contributed by atoms with E-state index < -0.39 is 10.0 Å². The number of aryl methyl sites for hydroxylation is 1. The molecule has 0 aliphatic rings. The summed E-state index contributed by atoms with van der Waals surface area (Å²) in [5.41, 5.74) is 6.24. The third-order valence-corrected chi connectivity index (χ3v) is 6.04. The fourth-order valence-electron chi connectivity index (χ4n) is 1.82. The molecule has 4 nitrogen and oxygen atoms in total. The molecule has 0 spiro atoms. The van der Waals surface area contributed by atoms with Crippen molar-refractivity contribution < 1.29 is 8.42 Å². The van der Waals surface area contributed by atoms with Gasteiger partial charge in [-0.25, -0.2) is 13.1 Å². The quantitative estimate of drug-likeness (QED) is 0.846. The molecule has 1 heterocycles. The van der Waals surface area contributed by atoms with Crippen LogP contribution in [0.3, 0.4) is 0 Å². The zero-order chi connectivity index (χ0) is 15.5. The summed E-state index contributed by atoms with van der Waals surface area (Å²) < 4.78 is 27.1. The van der Waals surface area contributed by atoms with E-state index in [1.165, 1.54) is 17.0 Å². The summed E-state index contributed by atoms with van der Waals surface area (Å²) in [4.78, 5) is 2.37. The molecule has 0 fully saturated rings. The van der Waals surface area contributed by atoms with Gasteiger partial charge in [0.15, 0.2) is 0 Å². The SMILES string of the molecule is CCc1ccc(CNS(=O)(=O)c2ccc(CN)c(Cl)c2)s1. The Morgan fingerprint density at radius 2 is 1.95 bits per heavy atom. The molecular formula is C14H17ClN2O2S2. The van der Waals surface area contributed by atoms with Crippen LogP contribution in [0.25, 0.3) is 0 Å². The highest BCUT2D eigenvalue weighted by atomic mass is 35.5. The van der Waals surface area contributed by atoms with Crippen LogP contribution < -0.4 is 10.5 Å². The lowest BCUT2D eigenvalue weighted by Gasteiger charge is -2.08. The summed E-state index contributed by atoms with van der Waals surface area (Å²) in [7, 11) is -3.57. The van der Waals surface area contributed by atoms with Crippen molar-refractivity contribution in [3.8, 4) is 0 Å². The molecule has 0 saturated heterocycles. The van der Waals surface area contributed by atoms with E-state index in [9.17, 15) is 8.42 Å². The van der Waals surface area contributed by atoms with Gasteiger partial charge in [0.25, 0.3) is 0 Å². The molecule has 3 N–H and O–H groups in total. The summed E-state index contributed by atoms with van der Waals surface area (Å²) >= 11 is 7.61. The first-order valence-electron chi connectivity index (χ1n) is 6.52. The molecule has 1 aromatic carbocycles. The van der Waals surface area contributed by atoms with Crippen LogP contribution in [0, 0.1) is 0 Å². The van der Waals surface area contributed by atoms with E-state index in [4.69, 9.17) is 17.3 Å². The largest absolute Gasteiger partial charge is 0.326 e. The van der Waals surface area contributed by atoms with Gasteiger partial charge in [0.05, 0.1) is 4.90 Å². The number of benzene rings is 1. The van der Waals surface area contributed by atoms with E-state index in [-0.39, 0.29) is 18.0 Å². The molecule has 0 saturated carbocycles. The van der Waals surface area contributed by atoms with Crippen LogP contribution in [0.15, 0.2) is 35.2 Å². The van der Waals surface area contributed by atoms with Crippen molar-refractivity contribution in [1.82, 2.24) is 4.72 Å². The van der Waals surface area contributed by atoms with Crippen molar-refractivity contribution in [2.75, 3.05) is 0 Å². The van der Waals surface area contributed by atoms with Gasteiger partial charge in [-0.05, 0) is 36.2 Å². The smallest absolute Gasteiger partial charge is 0.240 e. The Bertz CT molecular complexity index is 726. The Kier molecular flexibility index (Phi) is 5.40. The molecule has 0 aliphatic carbocycles. The number of hydrogen-bond acceptors (Lipinski definition) is 4. The van der Waals surface area contributed by atoms with E-state index >= 15 is 0 Å². The van der Waals surface area contributed by atoms with Crippen LogP contribution in [0.2, 0.25) is 5.02 Å². The summed E-state index contributed by atoms with van der Waals surface area (Å²) in [6.45, 7) is 2.63. The van der Waals surface area contributed by atoms with E-state index in [2.05, 4.69) is 11.6 Å². The normalized spacial score (nSPS) is 11.8. The topological polar surface area (TPSA) is 72.2 Å².